The van der Waals surface area contributed by atoms with Gasteiger partial charge in [0.2, 0.25) is 0 Å². The van der Waals surface area contributed by atoms with Gasteiger partial charge < -0.3 is 9.47 Å². The van der Waals surface area contributed by atoms with Crippen molar-refractivity contribution in [1.82, 2.24) is 0 Å². The van der Waals surface area contributed by atoms with Crippen molar-refractivity contribution in [2.45, 2.75) is 25.7 Å². The van der Waals surface area contributed by atoms with E-state index in [2.05, 4.69) is 54.6 Å². The predicted molar refractivity (Wildman–Crippen MR) is 84.9 cm³/mol. The summed E-state index contributed by atoms with van der Waals surface area (Å²) in [5.74, 6) is -0.500. The Morgan fingerprint density at radius 2 is 1.48 bits per heavy atom. The number of hydrogen-bond acceptors (Lipinski definition) is 2. The van der Waals surface area contributed by atoms with Crippen molar-refractivity contribution in [3.8, 4) is 0 Å². The van der Waals surface area contributed by atoms with Crippen LogP contribution >= 0.6 is 0 Å². The Morgan fingerprint density at radius 3 is 1.90 bits per heavy atom. The summed E-state index contributed by atoms with van der Waals surface area (Å²) in [6.45, 7) is 4.49. The zero-order valence-electron chi connectivity index (χ0n) is 12.5. The van der Waals surface area contributed by atoms with Crippen LogP contribution in [0.5, 0.6) is 0 Å². The van der Waals surface area contributed by atoms with Crippen molar-refractivity contribution in [2.75, 3.05) is 6.61 Å². The molecule has 0 bridgehead atoms. The zero-order valence-corrected chi connectivity index (χ0v) is 12.5. The van der Waals surface area contributed by atoms with Crippen molar-refractivity contribution in [2.24, 2.45) is 0 Å². The van der Waals surface area contributed by atoms with E-state index in [9.17, 15) is 0 Å². The van der Waals surface area contributed by atoms with Gasteiger partial charge in [0.1, 0.15) is 6.10 Å². The van der Waals surface area contributed by atoms with Crippen LogP contribution in [0.4, 0.5) is 0 Å². The van der Waals surface area contributed by atoms with Crippen LogP contribution in [0.3, 0.4) is 0 Å². The van der Waals surface area contributed by atoms with Gasteiger partial charge in [0.15, 0.2) is 5.79 Å². The summed E-state index contributed by atoms with van der Waals surface area (Å²) in [7, 11) is 0. The molecule has 0 amide bonds. The first-order valence-electron chi connectivity index (χ1n) is 7.28. The quantitative estimate of drug-likeness (QED) is 0.836. The Hall–Kier alpha value is -1.90. The first-order valence-corrected chi connectivity index (χ1v) is 7.28. The Labute approximate surface area is 126 Å². The van der Waals surface area contributed by atoms with Gasteiger partial charge in [-0.2, -0.15) is 0 Å². The molecule has 0 aromatic heterocycles. The van der Waals surface area contributed by atoms with Crippen LogP contribution in [-0.4, -0.2) is 18.5 Å². The molecule has 1 heterocycles. The molecular weight excluding hydrogens is 260 g/mol. The largest absolute Gasteiger partial charge is 0.347 e. The minimum absolute atomic E-state index is 0.0181. The second-order valence-electron chi connectivity index (χ2n) is 5.68. The van der Waals surface area contributed by atoms with Crippen LogP contribution in [0.2, 0.25) is 0 Å². The van der Waals surface area contributed by atoms with E-state index in [1.165, 1.54) is 16.7 Å². The predicted octanol–water partition coefficient (Wildman–Crippen LogP) is 4.27. The van der Waals surface area contributed by atoms with Gasteiger partial charge in [0.05, 0.1) is 6.61 Å². The lowest BCUT2D eigenvalue weighted by Crippen LogP contribution is -2.20. The molecule has 0 N–H and O–H groups in total. The molecule has 0 radical (unpaired) electrons. The molecule has 2 nitrogen and oxygen atoms in total. The fourth-order valence-corrected chi connectivity index (χ4v) is 2.58. The number of benzene rings is 2. The smallest absolute Gasteiger partial charge is 0.163 e. The Kier molecular flexibility index (Phi) is 3.91. The van der Waals surface area contributed by atoms with E-state index in [1.807, 2.05) is 26.0 Å². The van der Waals surface area contributed by atoms with E-state index in [1.54, 1.807) is 0 Å². The topological polar surface area (TPSA) is 18.5 Å². The molecule has 2 aromatic carbocycles. The van der Waals surface area contributed by atoms with Crippen LogP contribution < -0.4 is 0 Å². The minimum atomic E-state index is -0.500. The van der Waals surface area contributed by atoms with Crippen molar-refractivity contribution >= 4 is 5.57 Å². The summed E-state index contributed by atoms with van der Waals surface area (Å²) >= 11 is 0. The number of hydrogen-bond donors (Lipinski definition) is 0. The van der Waals surface area contributed by atoms with E-state index in [-0.39, 0.29) is 6.10 Å². The number of ether oxygens (including phenoxy) is 2. The molecular formula is C19H20O2. The molecule has 0 aliphatic carbocycles. The van der Waals surface area contributed by atoms with E-state index >= 15 is 0 Å². The molecule has 0 saturated carbocycles. The summed E-state index contributed by atoms with van der Waals surface area (Å²) in [5.41, 5.74) is 3.57. The molecule has 3 rings (SSSR count). The van der Waals surface area contributed by atoms with Gasteiger partial charge in [-0.05, 0) is 36.6 Å². The third kappa shape index (κ3) is 3.41. The number of rotatable bonds is 3. The summed E-state index contributed by atoms with van der Waals surface area (Å²) in [4.78, 5) is 0. The van der Waals surface area contributed by atoms with Gasteiger partial charge in [0.25, 0.3) is 0 Å². The molecule has 0 spiro atoms. The van der Waals surface area contributed by atoms with Crippen molar-refractivity contribution < 1.29 is 9.47 Å². The van der Waals surface area contributed by atoms with Crippen molar-refractivity contribution in [3.05, 3.63) is 77.9 Å². The molecule has 1 fully saturated rings. The molecule has 1 aliphatic rings. The molecule has 1 atom stereocenters. The highest BCUT2D eigenvalue weighted by Gasteiger charge is 2.31. The monoisotopic (exact) mass is 280 g/mol. The fraction of sp³-hybridized carbons (Fsp3) is 0.263. The minimum Gasteiger partial charge on any atom is -0.347 e. The Morgan fingerprint density at radius 1 is 0.952 bits per heavy atom. The SMILES string of the molecule is CC1(C)OC[C@H](C=C(c2ccccc2)c2ccccc2)O1. The van der Waals surface area contributed by atoms with Gasteiger partial charge in [-0.25, -0.2) is 0 Å². The maximum atomic E-state index is 5.92. The first kappa shape index (κ1) is 14.1. The maximum Gasteiger partial charge on any atom is 0.163 e. The van der Waals surface area contributed by atoms with E-state index in [0.29, 0.717) is 6.61 Å². The average Bonchev–Trinajstić information content (AvgIpc) is 2.86. The average molecular weight is 280 g/mol. The van der Waals surface area contributed by atoms with E-state index in [0.717, 1.165) is 0 Å². The first-order chi connectivity index (χ1) is 10.1. The van der Waals surface area contributed by atoms with Crippen molar-refractivity contribution in [3.63, 3.8) is 0 Å². The highest BCUT2D eigenvalue weighted by Crippen LogP contribution is 2.29. The fourth-order valence-electron chi connectivity index (χ4n) is 2.58. The third-order valence-corrected chi connectivity index (χ3v) is 3.55. The third-order valence-electron chi connectivity index (χ3n) is 3.55. The van der Waals surface area contributed by atoms with Gasteiger partial charge in [-0.15, -0.1) is 0 Å². The Bertz CT molecular complexity index is 573. The van der Waals surface area contributed by atoms with E-state index < -0.39 is 5.79 Å². The maximum absolute atomic E-state index is 5.92. The van der Waals surface area contributed by atoms with Gasteiger partial charge in [0, 0.05) is 0 Å². The van der Waals surface area contributed by atoms with Crippen molar-refractivity contribution in [1.29, 1.82) is 0 Å². The summed E-state index contributed by atoms with van der Waals surface area (Å²) in [6.07, 6.45) is 2.15. The summed E-state index contributed by atoms with van der Waals surface area (Å²) in [5, 5.41) is 0. The highest BCUT2D eigenvalue weighted by atomic mass is 16.7. The molecule has 2 aromatic rings. The lowest BCUT2D eigenvalue weighted by Gasteiger charge is -2.16. The molecule has 2 heteroatoms. The Balaban J connectivity index is 1.98. The highest BCUT2D eigenvalue weighted by molar-refractivity contribution is 5.80. The van der Waals surface area contributed by atoms with Crippen LogP contribution in [0.15, 0.2) is 66.7 Å². The molecule has 108 valence electrons. The molecule has 21 heavy (non-hydrogen) atoms. The van der Waals surface area contributed by atoms with Gasteiger partial charge in [-0.3, -0.25) is 0 Å². The van der Waals surface area contributed by atoms with E-state index in [4.69, 9.17) is 9.47 Å². The van der Waals surface area contributed by atoms with Crippen LogP contribution in [0.1, 0.15) is 25.0 Å². The standard InChI is InChI=1S/C19H20O2/c1-19(2)20-14-17(21-19)13-18(15-9-5-3-6-10-15)16-11-7-4-8-12-16/h3-13,17H,14H2,1-2H3/t17-/m0/s1. The molecule has 1 saturated heterocycles. The second kappa shape index (κ2) is 5.84. The zero-order chi connectivity index (χ0) is 14.7. The van der Waals surface area contributed by atoms with Crippen LogP contribution in [-0.2, 0) is 9.47 Å². The lowest BCUT2D eigenvalue weighted by molar-refractivity contribution is -0.133. The molecule has 1 aliphatic heterocycles. The normalized spacial score (nSPS) is 20.2. The lowest BCUT2D eigenvalue weighted by atomic mass is 9.96. The van der Waals surface area contributed by atoms with Gasteiger partial charge >= 0.3 is 0 Å². The second-order valence-corrected chi connectivity index (χ2v) is 5.68. The summed E-state index contributed by atoms with van der Waals surface area (Å²) < 4.78 is 11.6. The van der Waals surface area contributed by atoms with Gasteiger partial charge in [-0.1, -0.05) is 60.7 Å². The van der Waals surface area contributed by atoms with Crippen LogP contribution in [0, 0.1) is 0 Å². The van der Waals surface area contributed by atoms with Crippen LogP contribution in [0.25, 0.3) is 5.57 Å². The molecule has 0 unspecified atom stereocenters. The summed E-state index contributed by atoms with van der Waals surface area (Å²) in [6, 6.07) is 20.8.